The first-order valence-corrected chi connectivity index (χ1v) is 7.57. The predicted octanol–water partition coefficient (Wildman–Crippen LogP) is 4.48. The molecule has 3 rings (SSSR count). The van der Waals surface area contributed by atoms with Gasteiger partial charge in [-0.3, -0.25) is 4.90 Å². The van der Waals surface area contributed by atoms with Crippen LogP contribution in [0.15, 0.2) is 22.7 Å². The Morgan fingerprint density at radius 2 is 2.00 bits per heavy atom. The van der Waals surface area contributed by atoms with Crippen molar-refractivity contribution in [3.05, 3.63) is 33.3 Å². The van der Waals surface area contributed by atoms with Crippen molar-refractivity contribution in [2.24, 2.45) is 5.92 Å². The summed E-state index contributed by atoms with van der Waals surface area (Å²) in [6.45, 7) is 2.30. The molecule has 2 fully saturated rings. The quantitative estimate of drug-likeness (QED) is 0.774. The highest BCUT2D eigenvalue weighted by Crippen LogP contribution is 2.36. The van der Waals surface area contributed by atoms with Crippen LogP contribution in [0.4, 0.5) is 0 Å². The van der Waals surface area contributed by atoms with E-state index in [4.69, 9.17) is 11.6 Å². The van der Waals surface area contributed by atoms with E-state index in [2.05, 4.69) is 33.0 Å². The summed E-state index contributed by atoms with van der Waals surface area (Å²) in [5.74, 6) is 0.963. The van der Waals surface area contributed by atoms with Crippen LogP contribution in [0.3, 0.4) is 0 Å². The summed E-state index contributed by atoms with van der Waals surface area (Å²) >= 11 is 9.75. The lowest BCUT2D eigenvalue weighted by molar-refractivity contribution is 0.244. The molecule has 0 saturated heterocycles. The van der Waals surface area contributed by atoms with E-state index in [0.717, 1.165) is 28.0 Å². The molecule has 3 heteroatoms. The molecular weight excluding hydrogens is 298 g/mol. The number of rotatable bonds is 5. The average Bonchev–Trinajstić information content (AvgIpc) is 3.14. The summed E-state index contributed by atoms with van der Waals surface area (Å²) in [5.41, 5.74) is 1.27. The molecule has 0 amide bonds. The topological polar surface area (TPSA) is 3.24 Å². The molecule has 0 atom stereocenters. The number of hydrogen-bond donors (Lipinski definition) is 0. The first-order valence-electron chi connectivity index (χ1n) is 6.40. The van der Waals surface area contributed by atoms with Gasteiger partial charge in [0.1, 0.15) is 0 Å². The Kier molecular flexibility index (Phi) is 3.47. The van der Waals surface area contributed by atoms with Gasteiger partial charge in [0.2, 0.25) is 0 Å². The minimum atomic E-state index is 0.829. The van der Waals surface area contributed by atoms with Gasteiger partial charge in [-0.25, -0.2) is 0 Å². The predicted molar refractivity (Wildman–Crippen MR) is 75.3 cm³/mol. The van der Waals surface area contributed by atoms with Gasteiger partial charge in [-0.1, -0.05) is 33.6 Å². The summed E-state index contributed by atoms with van der Waals surface area (Å²) < 4.78 is 1.06. The van der Waals surface area contributed by atoms with Crippen LogP contribution < -0.4 is 0 Å². The fourth-order valence-corrected chi connectivity index (χ4v) is 3.02. The molecule has 1 aromatic rings. The molecule has 2 saturated carbocycles. The van der Waals surface area contributed by atoms with E-state index in [1.165, 1.54) is 37.8 Å². The molecule has 0 heterocycles. The Hall–Kier alpha value is -0.0500. The van der Waals surface area contributed by atoms with E-state index < -0.39 is 0 Å². The highest BCUT2D eigenvalue weighted by Gasteiger charge is 2.33. The third-order valence-corrected chi connectivity index (χ3v) is 4.49. The first kappa shape index (κ1) is 12.0. The Morgan fingerprint density at radius 3 is 2.59 bits per heavy atom. The van der Waals surface area contributed by atoms with Crippen molar-refractivity contribution in [2.75, 3.05) is 6.54 Å². The second kappa shape index (κ2) is 4.91. The van der Waals surface area contributed by atoms with Gasteiger partial charge in [-0.15, -0.1) is 0 Å². The number of benzene rings is 1. The third-order valence-electron chi connectivity index (χ3n) is 3.64. The molecule has 0 bridgehead atoms. The molecule has 0 radical (unpaired) electrons. The summed E-state index contributed by atoms with van der Waals surface area (Å²) in [6, 6.07) is 7.06. The van der Waals surface area contributed by atoms with Gasteiger partial charge in [-0.05, 0) is 49.3 Å². The number of hydrogen-bond acceptors (Lipinski definition) is 1. The molecule has 1 nitrogen and oxygen atoms in total. The maximum Gasteiger partial charge on any atom is 0.0462 e. The Bertz CT molecular complexity index is 413. The molecule has 0 N–H and O–H groups in total. The van der Waals surface area contributed by atoms with Crippen molar-refractivity contribution in [1.82, 2.24) is 4.90 Å². The standard InChI is InChI=1S/C14H17BrClN/c15-12-4-3-11(14(16)7-12)9-17(13-5-6-13)8-10-1-2-10/h3-4,7,10,13H,1-2,5-6,8-9H2. The Balaban J connectivity index is 1.69. The van der Waals surface area contributed by atoms with Crippen molar-refractivity contribution in [3.8, 4) is 0 Å². The summed E-state index contributed by atoms with van der Waals surface area (Å²) in [6.07, 6.45) is 5.61. The Morgan fingerprint density at radius 1 is 1.24 bits per heavy atom. The number of nitrogens with zero attached hydrogens (tertiary/aromatic N) is 1. The van der Waals surface area contributed by atoms with E-state index in [1.807, 2.05) is 6.07 Å². The lowest BCUT2D eigenvalue weighted by atomic mass is 10.2. The van der Waals surface area contributed by atoms with Crippen LogP contribution in [0.1, 0.15) is 31.2 Å². The molecule has 0 aliphatic heterocycles. The second-order valence-corrected chi connectivity index (χ2v) is 6.66. The molecular formula is C14H17BrClN. The summed E-state index contributed by atoms with van der Waals surface area (Å²) in [7, 11) is 0. The van der Waals surface area contributed by atoms with Gasteiger partial charge in [0, 0.05) is 28.6 Å². The van der Waals surface area contributed by atoms with Crippen LogP contribution in [0.25, 0.3) is 0 Å². The van der Waals surface area contributed by atoms with Gasteiger partial charge in [0.25, 0.3) is 0 Å². The SMILES string of the molecule is Clc1cc(Br)ccc1CN(CC1CC1)C1CC1. The lowest BCUT2D eigenvalue weighted by Gasteiger charge is -2.22. The van der Waals surface area contributed by atoms with Crippen LogP contribution in [-0.2, 0) is 6.54 Å². The lowest BCUT2D eigenvalue weighted by Crippen LogP contribution is -2.27. The van der Waals surface area contributed by atoms with Crippen molar-refractivity contribution < 1.29 is 0 Å². The maximum absolute atomic E-state index is 6.29. The van der Waals surface area contributed by atoms with Crippen LogP contribution in [0.5, 0.6) is 0 Å². The molecule has 0 aromatic heterocycles. The van der Waals surface area contributed by atoms with Gasteiger partial charge in [-0.2, -0.15) is 0 Å². The van der Waals surface area contributed by atoms with Crippen molar-refractivity contribution >= 4 is 27.5 Å². The van der Waals surface area contributed by atoms with Gasteiger partial charge in [0.05, 0.1) is 0 Å². The smallest absolute Gasteiger partial charge is 0.0462 e. The van der Waals surface area contributed by atoms with Crippen LogP contribution in [-0.4, -0.2) is 17.5 Å². The first-order chi connectivity index (χ1) is 8.22. The zero-order valence-electron chi connectivity index (χ0n) is 9.83. The van der Waals surface area contributed by atoms with Gasteiger partial charge >= 0.3 is 0 Å². The van der Waals surface area contributed by atoms with Crippen molar-refractivity contribution in [1.29, 1.82) is 0 Å². The molecule has 0 spiro atoms. The van der Waals surface area contributed by atoms with Crippen LogP contribution in [0, 0.1) is 5.92 Å². The normalized spacial score (nSPS) is 19.9. The fourth-order valence-electron chi connectivity index (χ4n) is 2.28. The summed E-state index contributed by atoms with van der Waals surface area (Å²) in [4.78, 5) is 2.63. The van der Waals surface area contributed by atoms with Crippen molar-refractivity contribution in [3.63, 3.8) is 0 Å². The minimum absolute atomic E-state index is 0.829. The summed E-state index contributed by atoms with van der Waals surface area (Å²) in [5, 5.41) is 0.890. The van der Waals surface area contributed by atoms with Crippen LogP contribution >= 0.6 is 27.5 Å². The molecule has 0 unspecified atom stereocenters. The third kappa shape index (κ3) is 3.24. The molecule has 17 heavy (non-hydrogen) atoms. The van der Waals surface area contributed by atoms with E-state index >= 15 is 0 Å². The van der Waals surface area contributed by atoms with E-state index in [0.29, 0.717) is 0 Å². The molecule has 2 aliphatic carbocycles. The van der Waals surface area contributed by atoms with Crippen LogP contribution in [0.2, 0.25) is 5.02 Å². The zero-order valence-corrected chi connectivity index (χ0v) is 12.2. The zero-order chi connectivity index (χ0) is 11.8. The fraction of sp³-hybridized carbons (Fsp3) is 0.571. The average molecular weight is 315 g/mol. The van der Waals surface area contributed by atoms with E-state index in [1.54, 1.807) is 0 Å². The van der Waals surface area contributed by atoms with Gasteiger partial charge < -0.3 is 0 Å². The maximum atomic E-state index is 6.29. The highest BCUT2D eigenvalue weighted by molar-refractivity contribution is 9.10. The molecule has 1 aromatic carbocycles. The largest absolute Gasteiger partial charge is 0.296 e. The molecule has 92 valence electrons. The monoisotopic (exact) mass is 313 g/mol. The van der Waals surface area contributed by atoms with Crippen molar-refractivity contribution in [2.45, 2.75) is 38.3 Å². The number of halogens is 2. The van der Waals surface area contributed by atoms with Gasteiger partial charge in [0.15, 0.2) is 0 Å². The highest BCUT2D eigenvalue weighted by atomic mass is 79.9. The molecule has 2 aliphatic rings. The van der Waals surface area contributed by atoms with E-state index in [-0.39, 0.29) is 0 Å². The minimum Gasteiger partial charge on any atom is -0.296 e. The van der Waals surface area contributed by atoms with E-state index in [9.17, 15) is 0 Å². The Labute approximate surface area is 116 Å². The second-order valence-electron chi connectivity index (χ2n) is 5.34.